The number of hydrogen-bond donors (Lipinski definition) is 2. The molecular formula is C18H17NO6. The van der Waals surface area contributed by atoms with Crippen LogP contribution in [0.4, 0.5) is 5.69 Å². The van der Waals surface area contributed by atoms with Gasteiger partial charge in [0.25, 0.3) is 0 Å². The Morgan fingerprint density at radius 3 is 2.48 bits per heavy atom. The number of ether oxygens (including phenoxy) is 3. The lowest BCUT2D eigenvalue weighted by Crippen LogP contribution is -2.10. The Labute approximate surface area is 144 Å². The van der Waals surface area contributed by atoms with Crippen molar-refractivity contribution in [1.29, 1.82) is 0 Å². The summed E-state index contributed by atoms with van der Waals surface area (Å²) in [5.41, 5.74) is 2.38. The monoisotopic (exact) mass is 343 g/mol. The van der Waals surface area contributed by atoms with E-state index in [0.29, 0.717) is 33.9 Å². The molecule has 130 valence electrons. The van der Waals surface area contributed by atoms with Crippen molar-refractivity contribution in [3.05, 3.63) is 53.1 Å². The third-order valence-electron chi connectivity index (χ3n) is 3.90. The molecule has 25 heavy (non-hydrogen) atoms. The zero-order chi connectivity index (χ0) is 18.0. The zero-order valence-corrected chi connectivity index (χ0v) is 13.7. The maximum Gasteiger partial charge on any atom is 0.344 e. The lowest BCUT2D eigenvalue weighted by Gasteiger charge is -2.15. The maximum atomic E-state index is 12.2. The highest BCUT2D eigenvalue weighted by molar-refractivity contribution is 5.98. The van der Waals surface area contributed by atoms with Gasteiger partial charge in [0.05, 0.1) is 20.6 Å². The Balaban J connectivity index is 1.85. The fourth-order valence-electron chi connectivity index (χ4n) is 2.75. The van der Waals surface area contributed by atoms with E-state index in [-0.39, 0.29) is 6.42 Å². The molecule has 2 aromatic rings. The van der Waals surface area contributed by atoms with Gasteiger partial charge in [-0.05, 0) is 29.8 Å². The first kappa shape index (κ1) is 16.6. The first-order valence-corrected chi connectivity index (χ1v) is 7.56. The minimum absolute atomic E-state index is 0.0431. The van der Waals surface area contributed by atoms with E-state index in [9.17, 15) is 9.59 Å². The van der Waals surface area contributed by atoms with E-state index >= 15 is 0 Å². The summed E-state index contributed by atoms with van der Waals surface area (Å²) in [6, 6.07) is 10.4. The van der Waals surface area contributed by atoms with Crippen LogP contribution >= 0.6 is 0 Å². The number of rotatable bonds is 6. The van der Waals surface area contributed by atoms with Crippen LogP contribution in [0.25, 0.3) is 0 Å². The van der Waals surface area contributed by atoms with Crippen molar-refractivity contribution in [3.63, 3.8) is 0 Å². The van der Waals surface area contributed by atoms with Crippen LogP contribution in [0.3, 0.4) is 0 Å². The highest BCUT2D eigenvalue weighted by Crippen LogP contribution is 2.42. The lowest BCUT2D eigenvalue weighted by atomic mass is 10.1. The number of aliphatic carboxylic acids is 1. The molecule has 0 aromatic heterocycles. The molecular weight excluding hydrogens is 326 g/mol. The van der Waals surface area contributed by atoms with Crippen LogP contribution in [0.5, 0.6) is 11.5 Å². The second-order valence-corrected chi connectivity index (χ2v) is 5.46. The normalized spacial score (nSPS) is 15.3. The fourth-order valence-corrected chi connectivity index (χ4v) is 2.75. The van der Waals surface area contributed by atoms with Gasteiger partial charge in [-0.3, -0.25) is 4.79 Å². The molecule has 0 saturated heterocycles. The van der Waals surface area contributed by atoms with Gasteiger partial charge in [-0.2, -0.15) is 0 Å². The molecule has 1 atom stereocenters. The number of cyclic esters (lactones) is 1. The second kappa shape index (κ2) is 6.72. The number of carbonyl (C=O) groups is 2. The number of methoxy groups -OCH3 is 2. The zero-order valence-electron chi connectivity index (χ0n) is 13.7. The third-order valence-corrected chi connectivity index (χ3v) is 3.90. The summed E-state index contributed by atoms with van der Waals surface area (Å²) in [7, 11) is 2.96. The van der Waals surface area contributed by atoms with Gasteiger partial charge in [0, 0.05) is 11.3 Å². The Kier molecular flexibility index (Phi) is 4.47. The molecule has 0 spiro atoms. The van der Waals surface area contributed by atoms with Crippen LogP contribution in [-0.2, 0) is 16.0 Å². The number of fused-ring (bicyclic) bond motifs is 1. The number of carboxylic acids is 1. The quantitative estimate of drug-likeness (QED) is 0.779. The summed E-state index contributed by atoms with van der Waals surface area (Å²) in [4.78, 5) is 22.9. The lowest BCUT2D eigenvalue weighted by molar-refractivity contribution is -0.136. The van der Waals surface area contributed by atoms with E-state index in [1.807, 2.05) is 0 Å². The van der Waals surface area contributed by atoms with Gasteiger partial charge in [0.2, 0.25) is 6.23 Å². The Morgan fingerprint density at radius 2 is 1.88 bits per heavy atom. The van der Waals surface area contributed by atoms with Crippen molar-refractivity contribution < 1.29 is 28.9 Å². The van der Waals surface area contributed by atoms with Gasteiger partial charge in [0.15, 0.2) is 11.5 Å². The van der Waals surface area contributed by atoms with Gasteiger partial charge in [-0.1, -0.05) is 12.1 Å². The van der Waals surface area contributed by atoms with Gasteiger partial charge in [0.1, 0.15) is 5.56 Å². The van der Waals surface area contributed by atoms with E-state index in [0.717, 1.165) is 0 Å². The number of anilines is 1. The standard InChI is InChI=1S/C18H17NO6/c1-23-13-8-7-12-15(16(13)24-2)18(22)25-17(12)19-11-5-3-10(4-6-11)9-14(20)21/h3-8,17,19H,9H2,1-2H3,(H,20,21). The van der Waals surface area contributed by atoms with Crippen LogP contribution in [-0.4, -0.2) is 31.3 Å². The first-order valence-electron chi connectivity index (χ1n) is 7.56. The summed E-state index contributed by atoms with van der Waals surface area (Å²) in [6.07, 6.45) is -0.703. The van der Waals surface area contributed by atoms with Crippen molar-refractivity contribution in [2.24, 2.45) is 0 Å². The van der Waals surface area contributed by atoms with Gasteiger partial charge in [-0.15, -0.1) is 0 Å². The Bertz CT molecular complexity index is 815. The fraction of sp³-hybridized carbons (Fsp3) is 0.222. The van der Waals surface area contributed by atoms with E-state index in [4.69, 9.17) is 19.3 Å². The smallest absolute Gasteiger partial charge is 0.344 e. The molecule has 3 rings (SSSR count). The number of benzene rings is 2. The van der Waals surface area contributed by atoms with E-state index < -0.39 is 18.2 Å². The second-order valence-electron chi connectivity index (χ2n) is 5.46. The van der Waals surface area contributed by atoms with Crippen LogP contribution in [0.15, 0.2) is 36.4 Å². The number of hydrogen-bond acceptors (Lipinski definition) is 6. The molecule has 2 aromatic carbocycles. The number of carbonyl (C=O) groups excluding carboxylic acids is 1. The van der Waals surface area contributed by atoms with Gasteiger partial charge < -0.3 is 24.6 Å². The number of carboxylic acid groups (broad SMARTS) is 1. The van der Waals surface area contributed by atoms with Crippen LogP contribution in [0.1, 0.15) is 27.7 Å². The van der Waals surface area contributed by atoms with Crippen molar-refractivity contribution in [2.75, 3.05) is 19.5 Å². The molecule has 0 aliphatic carbocycles. The predicted molar refractivity (Wildman–Crippen MR) is 89.1 cm³/mol. The predicted octanol–water partition coefficient (Wildman–Crippen LogP) is 2.61. The molecule has 0 amide bonds. The molecule has 1 aliphatic heterocycles. The van der Waals surface area contributed by atoms with Crippen molar-refractivity contribution in [3.8, 4) is 11.5 Å². The van der Waals surface area contributed by atoms with E-state index in [2.05, 4.69) is 5.32 Å². The van der Waals surface area contributed by atoms with Crippen LogP contribution in [0, 0.1) is 0 Å². The average Bonchev–Trinajstić information content (AvgIpc) is 2.91. The molecule has 0 bridgehead atoms. The summed E-state index contributed by atoms with van der Waals surface area (Å²) in [5, 5.41) is 11.9. The Hall–Kier alpha value is -3.22. The van der Waals surface area contributed by atoms with Crippen molar-refractivity contribution in [2.45, 2.75) is 12.6 Å². The molecule has 0 radical (unpaired) electrons. The third kappa shape index (κ3) is 3.21. The minimum Gasteiger partial charge on any atom is -0.493 e. The van der Waals surface area contributed by atoms with Gasteiger partial charge >= 0.3 is 11.9 Å². The summed E-state index contributed by atoms with van der Waals surface area (Å²) in [6.45, 7) is 0. The highest BCUT2D eigenvalue weighted by Gasteiger charge is 2.35. The summed E-state index contributed by atoms with van der Waals surface area (Å²) in [5.74, 6) is -0.589. The largest absolute Gasteiger partial charge is 0.493 e. The minimum atomic E-state index is -0.889. The highest BCUT2D eigenvalue weighted by atomic mass is 16.6. The number of esters is 1. The first-order chi connectivity index (χ1) is 12.0. The molecule has 0 fully saturated rings. The maximum absolute atomic E-state index is 12.2. The molecule has 1 aliphatic rings. The van der Waals surface area contributed by atoms with Gasteiger partial charge in [-0.25, -0.2) is 4.79 Å². The molecule has 2 N–H and O–H groups in total. The van der Waals surface area contributed by atoms with E-state index in [1.165, 1.54) is 14.2 Å². The molecule has 0 saturated carbocycles. The van der Waals surface area contributed by atoms with Crippen LogP contribution in [0.2, 0.25) is 0 Å². The van der Waals surface area contributed by atoms with E-state index in [1.54, 1.807) is 36.4 Å². The number of nitrogens with one attached hydrogen (secondary N) is 1. The Morgan fingerprint density at radius 1 is 1.16 bits per heavy atom. The van der Waals surface area contributed by atoms with Crippen LogP contribution < -0.4 is 14.8 Å². The van der Waals surface area contributed by atoms with Crippen molar-refractivity contribution >= 4 is 17.6 Å². The molecule has 1 unspecified atom stereocenters. The topological polar surface area (TPSA) is 94.1 Å². The summed E-state index contributed by atoms with van der Waals surface area (Å²) < 4.78 is 15.9. The average molecular weight is 343 g/mol. The SMILES string of the molecule is COc1ccc2c(c1OC)C(=O)OC2Nc1ccc(CC(=O)O)cc1. The molecule has 7 heteroatoms. The molecule has 1 heterocycles. The van der Waals surface area contributed by atoms with Crippen molar-refractivity contribution in [1.82, 2.24) is 0 Å². The molecule has 7 nitrogen and oxygen atoms in total. The summed E-state index contributed by atoms with van der Waals surface area (Å²) >= 11 is 0.